The quantitative estimate of drug-likeness (QED) is 0.617. The maximum absolute atomic E-state index is 12.5. The number of hydrogen-bond donors (Lipinski definition) is 1. The van der Waals surface area contributed by atoms with Gasteiger partial charge >= 0.3 is 0 Å². The fourth-order valence-electron chi connectivity index (χ4n) is 1.70. The zero-order valence-electron chi connectivity index (χ0n) is 11.6. The van der Waals surface area contributed by atoms with Crippen molar-refractivity contribution in [3.05, 3.63) is 15.8 Å². The Morgan fingerprint density at radius 3 is 2.79 bits per heavy atom. The van der Waals surface area contributed by atoms with E-state index in [0.717, 1.165) is 23.4 Å². The van der Waals surface area contributed by atoms with Crippen molar-refractivity contribution in [1.82, 2.24) is 9.62 Å². The Hall–Kier alpha value is -0.870. The lowest BCUT2D eigenvalue weighted by atomic mass is 10.3. The lowest BCUT2D eigenvalue weighted by molar-refractivity contribution is 0.501. The summed E-state index contributed by atoms with van der Waals surface area (Å²) in [5, 5.41) is 5.11. The zero-order chi connectivity index (χ0) is 14.5. The number of terminal acetylenes is 1. The van der Waals surface area contributed by atoms with Crippen LogP contribution in [0.2, 0.25) is 0 Å². The molecule has 0 aliphatic heterocycles. The highest BCUT2D eigenvalue weighted by atomic mass is 32.2. The van der Waals surface area contributed by atoms with Crippen molar-refractivity contribution in [3.63, 3.8) is 0 Å². The molecule has 6 heteroatoms. The van der Waals surface area contributed by atoms with Crippen molar-refractivity contribution in [1.29, 1.82) is 0 Å². The Labute approximate surface area is 119 Å². The van der Waals surface area contributed by atoms with Gasteiger partial charge in [-0.15, -0.1) is 17.8 Å². The molecular weight excluding hydrogens is 280 g/mol. The molecule has 0 aromatic carbocycles. The molecule has 0 spiro atoms. The van der Waals surface area contributed by atoms with Gasteiger partial charge in [0.05, 0.1) is 6.54 Å². The van der Waals surface area contributed by atoms with Crippen molar-refractivity contribution < 1.29 is 8.42 Å². The summed E-state index contributed by atoms with van der Waals surface area (Å²) < 4.78 is 26.1. The average molecular weight is 300 g/mol. The third kappa shape index (κ3) is 3.80. The minimum absolute atomic E-state index is 0.0828. The van der Waals surface area contributed by atoms with Crippen LogP contribution in [0.4, 0.5) is 0 Å². The van der Waals surface area contributed by atoms with Gasteiger partial charge in [0.15, 0.2) is 0 Å². The van der Waals surface area contributed by atoms with Crippen molar-refractivity contribution in [2.75, 3.05) is 20.1 Å². The SMILES string of the molecule is C#CCN(C)S(=O)(=O)c1c(C)csc1CNCCC. The summed E-state index contributed by atoms with van der Waals surface area (Å²) in [5.74, 6) is 2.36. The van der Waals surface area contributed by atoms with Gasteiger partial charge < -0.3 is 5.32 Å². The molecule has 0 saturated carbocycles. The standard InChI is InChI=1S/C13H20N2O2S2/c1-5-7-14-9-12-13(11(3)10-18-12)19(16,17)15(4)8-6-2/h2,10,14H,5,7-9H2,1,3-4H3. The number of nitrogens with one attached hydrogen (secondary N) is 1. The summed E-state index contributed by atoms with van der Waals surface area (Å²) >= 11 is 1.47. The van der Waals surface area contributed by atoms with E-state index in [1.165, 1.54) is 22.7 Å². The molecular formula is C13H20N2O2S2. The molecule has 1 rings (SSSR count). The second-order valence-corrected chi connectivity index (χ2v) is 7.26. The van der Waals surface area contributed by atoms with E-state index in [0.29, 0.717) is 11.4 Å². The normalized spacial score (nSPS) is 11.7. The van der Waals surface area contributed by atoms with Gasteiger partial charge in [0.1, 0.15) is 4.90 Å². The first-order valence-electron chi connectivity index (χ1n) is 6.12. The van der Waals surface area contributed by atoms with E-state index in [4.69, 9.17) is 6.42 Å². The van der Waals surface area contributed by atoms with E-state index in [-0.39, 0.29) is 6.54 Å². The summed E-state index contributed by atoms with van der Waals surface area (Å²) in [4.78, 5) is 1.24. The highest BCUT2D eigenvalue weighted by molar-refractivity contribution is 7.89. The highest BCUT2D eigenvalue weighted by Gasteiger charge is 2.26. The first-order chi connectivity index (χ1) is 8.95. The van der Waals surface area contributed by atoms with Gasteiger partial charge in [0, 0.05) is 18.5 Å². The summed E-state index contributed by atoms with van der Waals surface area (Å²) in [7, 11) is -1.99. The van der Waals surface area contributed by atoms with E-state index in [9.17, 15) is 8.42 Å². The van der Waals surface area contributed by atoms with E-state index in [1.807, 2.05) is 12.3 Å². The van der Waals surface area contributed by atoms with Gasteiger partial charge in [0.25, 0.3) is 0 Å². The van der Waals surface area contributed by atoms with Gasteiger partial charge in [-0.2, -0.15) is 4.31 Å². The number of nitrogens with zero attached hydrogens (tertiary/aromatic N) is 1. The minimum Gasteiger partial charge on any atom is -0.312 e. The number of aryl methyl sites for hydroxylation is 1. The Morgan fingerprint density at radius 2 is 2.21 bits per heavy atom. The minimum atomic E-state index is -3.50. The first-order valence-corrected chi connectivity index (χ1v) is 8.44. The third-order valence-corrected chi connectivity index (χ3v) is 5.95. The fourth-order valence-corrected chi connectivity index (χ4v) is 4.51. The summed E-state index contributed by atoms with van der Waals surface area (Å²) in [6.45, 7) is 5.42. The van der Waals surface area contributed by atoms with E-state index in [2.05, 4.69) is 18.2 Å². The smallest absolute Gasteiger partial charge is 0.245 e. The maximum Gasteiger partial charge on any atom is 0.245 e. The van der Waals surface area contributed by atoms with Crippen LogP contribution in [0.1, 0.15) is 23.8 Å². The Kier molecular flexibility index (Phi) is 6.01. The molecule has 4 nitrogen and oxygen atoms in total. The van der Waals surface area contributed by atoms with E-state index >= 15 is 0 Å². The molecule has 1 N–H and O–H groups in total. The van der Waals surface area contributed by atoms with Gasteiger partial charge in [-0.25, -0.2) is 8.42 Å². The van der Waals surface area contributed by atoms with Gasteiger partial charge in [-0.1, -0.05) is 12.8 Å². The van der Waals surface area contributed by atoms with Crippen LogP contribution in [-0.4, -0.2) is 32.9 Å². The van der Waals surface area contributed by atoms with Crippen LogP contribution < -0.4 is 5.32 Å². The predicted octanol–water partition coefficient (Wildman–Crippen LogP) is 1.81. The molecule has 0 aliphatic carbocycles. The molecule has 0 radical (unpaired) electrons. The van der Waals surface area contributed by atoms with Crippen LogP contribution in [0.3, 0.4) is 0 Å². The summed E-state index contributed by atoms with van der Waals surface area (Å²) in [6, 6.07) is 0. The molecule has 1 heterocycles. The number of sulfonamides is 1. The Balaban J connectivity index is 3.05. The lowest BCUT2D eigenvalue weighted by Gasteiger charge is -2.16. The third-order valence-electron chi connectivity index (χ3n) is 2.68. The Bertz CT molecular complexity index is 556. The fraction of sp³-hybridized carbons (Fsp3) is 0.538. The van der Waals surface area contributed by atoms with Crippen molar-refractivity contribution in [2.45, 2.75) is 31.7 Å². The molecule has 0 aliphatic rings. The van der Waals surface area contributed by atoms with Crippen LogP contribution in [0, 0.1) is 19.3 Å². The maximum atomic E-state index is 12.5. The second-order valence-electron chi connectivity index (χ2n) is 4.31. The summed E-state index contributed by atoms with van der Waals surface area (Å²) in [6.07, 6.45) is 6.21. The van der Waals surface area contributed by atoms with Gasteiger partial charge in [0.2, 0.25) is 10.0 Å². The second kappa shape index (κ2) is 7.06. The van der Waals surface area contributed by atoms with Crippen LogP contribution >= 0.6 is 11.3 Å². The van der Waals surface area contributed by atoms with Crippen LogP contribution in [0.15, 0.2) is 10.3 Å². The first kappa shape index (κ1) is 16.2. The van der Waals surface area contributed by atoms with Crippen LogP contribution in [0.5, 0.6) is 0 Å². The molecule has 1 aromatic heterocycles. The highest BCUT2D eigenvalue weighted by Crippen LogP contribution is 2.28. The van der Waals surface area contributed by atoms with Crippen LogP contribution in [-0.2, 0) is 16.6 Å². The number of thiophene rings is 1. The molecule has 1 aromatic rings. The molecule has 0 fully saturated rings. The molecule has 0 saturated heterocycles. The topological polar surface area (TPSA) is 49.4 Å². The molecule has 0 unspecified atom stereocenters. The molecule has 19 heavy (non-hydrogen) atoms. The average Bonchev–Trinajstić information content (AvgIpc) is 2.72. The molecule has 0 amide bonds. The van der Waals surface area contributed by atoms with Gasteiger partial charge in [-0.3, -0.25) is 0 Å². The van der Waals surface area contributed by atoms with E-state index < -0.39 is 10.0 Å². The molecule has 0 atom stereocenters. The molecule has 106 valence electrons. The summed E-state index contributed by atoms with van der Waals surface area (Å²) in [5.41, 5.74) is 0.780. The largest absolute Gasteiger partial charge is 0.312 e. The number of hydrogen-bond acceptors (Lipinski definition) is 4. The zero-order valence-corrected chi connectivity index (χ0v) is 13.2. The predicted molar refractivity (Wildman–Crippen MR) is 79.7 cm³/mol. The Morgan fingerprint density at radius 1 is 1.53 bits per heavy atom. The monoisotopic (exact) mass is 300 g/mol. The van der Waals surface area contributed by atoms with Crippen molar-refractivity contribution >= 4 is 21.4 Å². The van der Waals surface area contributed by atoms with Crippen molar-refractivity contribution in [3.8, 4) is 12.3 Å². The number of rotatable bonds is 7. The van der Waals surface area contributed by atoms with Crippen LogP contribution in [0.25, 0.3) is 0 Å². The molecule has 0 bridgehead atoms. The van der Waals surface area contributed by atoms with Crippen molar-refractivity contribution in [2.24, 2.45) is 0 Å². The van der Waals surface area contributed by atoms with E-state index in [1.54, 1.807) is 0 Å². The lowest BCUT2D eigenvalue weighted by Crippen LogP contribution is -2.28. The van der Waals surface area contributed by atoms with Gasteiger partial charge in [-0.05, 0) is 30.8 Å².